The maximum absolute atomic E-state index is 11.1. The third-order valence-electron chi connectivity index (χ3n) is 1.39. The Hall–Kier alpha value is -0.650. The predicted octanol–water partition coefficient (Wildman–Crippen LogP) is -0.321. The van der Waals surface area contributed by atoms with Crippen molar-refractivity contribution in [2.45, 2.75) is 19.9 Å². The van der Waals surface area contributed by atoms with E-state index in [0.717, 1.165) is 0 Å². The molecule has 0 aromatic carbocycles. The molecule has 5 nitrogen and oxygen atoms in total. The van der Waals surface area contributed by atoms with Crippen molar-refractivity contribution < 1.29 is 14.4 Å². The zero-order valence-electron chi connectivity index (χ0n) is 8.42. The summed E-state index contributed by atoms with van der Waals surface area (Å²) in [5.74, 6) is -0.0695. The van der Waals surface area contributed by atoms with Crippen molar-refractivity contribution in [3.63, 3.8) is 0 Å². The molecule has 1 atom stereocenters. The number of methoxy groups -OCH3 is 1. The van der Waals surface area contributed by atoms with Crippen LogP contribution in [-0.4, -0.2) is 38.8 Å². The van der Waals surface area contributed by atoms with Gasteiger partial charge in [-0.25, -0.2) is 0 Å². The first kappa shape index (κ1) is 12.3. The minimum Gasteiger partial charge on any atom is -0.382 e. The van der Waals surface area contributed by atoms with Gasteiger partial charge in [0.25, 0.3) is 0 Å². The summed E-state index contributed by atoms with van der Waals surface area (Å²) in [5.41, 5.74) is 2.61. The van der Waals surface area contributed by atoms with Crippen molar-refractivity contribution in [1.82, 2.24) is 10.8 Å². The number of carbonyl (C=O) groups is 1. The van der Waals surface area contributed by atoms with E-state index in [4.69, 9.17) is 9.57 Å². The Labute approximate surface area is 78.7 Å². The van der Waals surface area contributed by atoms with E-state index in [2.05, 4.69) is 10.8 Å². The summed E-state index contributed by atoms with van der Waals surface area (Å²) in [4.78, 5) is 16.1. The summed E-state index contributed by atoms with van der Waals surface area (Å²) < 4.78 is 4.77. The average molecular weight is 190 g/mol. The van der Waals surface area contributed by atoms with Crippen LogP contribution in [0.1, 0.15) is 13.8 Å². The summed E-state index contributed by atoms with van der Waals surface area (Å²) in [6.45, 7) is 5.17. The van der Waals surface area contributed by atoms with Gasteiger partial charge in [-0.15, -0.1) is 0 Å². The first-order chi connectivity index (χ1) is 6.22. The molecule has 0 rings (SSSR count). The second kappa shape index (κ2) is 7.97. The lowest BCUT2D eigenvalue weighted by molar-refractivity contribution is -0.127. The van der Waals surface area contributed by atoms with E-state index in [1.54, 1.807) is 14.0 Å². The lowest BCUT2D eigenvalue weighted by Gasteiger charge is -2.12. The lowest BCUT2D eigenvalue weighted by atomic mass is 10.3. The van der Waals surface area contributed by atoms with Gasteiger partial charge in [-0.1, -0.05) is 0 Å². The number of ether oxygens (including phenoxy) is 1. The third kappa shape index (κ3) is 6.51. The van der Waals surface area contributed by atoms with E-state index in [1.807, 2.05) is 6.92 Å². The monoisotopic (exact) mass is 190 g/mol. The average Bonchev–Trinajstić information content (AvgIpc) is 2.12. The van der Waals surface area contributed by atoms with Crippen LogP contribution in [0.25, 0.3) is 0 Å². The summed E-state index contributed by atoms with van der Waals surface area (Å²) in [6, 6.07) is -0.336. The maximum atomic E-state index is 11.1. The van der Waals surface area contributed by atoms with Crippen molar-refractivity contribution in [3.8, 4) is 0 Å². The molecule has 1 amide bonds. The topological polar surface area (TPSA) is 59.6 Å². The minimum absolute atomic E-state index is 0.0695. The largest absolute Gasteiger partial charge is 0.382 e. The van der Waals surface area contributed by atoms with Crippen LogP contribution in [0.3, 0.4) is 0 Å². The van der Waals surface area contributed by atoms with Crippen molar-refractivity contribution in [2.24, 2.45) is 0 Å². The van der Waals surface area contributed by atoms with Crippen LogP contribution in [0.2, 0.25) is 0 Å². The number of hydrogen-bond donors (Lipinski definition) is 2. The van der Waals surface area contributed by atoms with E-state index < -0.39 is 0 Å². The smallest absolute Gasteiger partial charge is 0.239 e. The number of hydrogen-bond acceptors (Lipinski definition) is 4. The van der Waals surface area contributed by atoms with Crippen molar-refractivity contribution in [2.75, 3.05) is 26.9 Å². The van der Waals surface area contributed by atoms with Crippen LogP contribution in [0.5, 0.6) is 0 Å². The van der Waals surface area contributed by atoms with Gasteiger partial charge in [0.15, 0.2) is 0 Å². The van der Waals surface area contributed by atoms with Gasteiger partial charge in [0.1, 0.15) is 6.04 Å². The fraction of sp³-hybridized carbons (Fsp3) is 0.875. The normalized spacial score (nSPS) is 12.5. The highest BCUT2D eigenvalue weighted by atomic mass is 16.7. The van der Waals surface area contributed by atoms with Crippen LogP contribution < -0.4 is 10.8 Å². The van der Waals surface area contributed by atoms with Crippen molar-refractivity contribution >= 4 is 5.91 Å². The Balaban J connectivity index is 3.38. The van der Waals surface area contributed by atoms with Gasteiger partial charge in [-0.2, -0.15) is 5.48 Å². The third-order valence-corrected chi connectivity index (χ3v) is 1.39. The van der Waals surface area contributed by atoms with Crippen LogP contribution in [0, 0.1) is 0 Å². The molecule has 0 aliphatic rings. The second-order valence-corrected chi connectivity index (χ2v) is 2.58. The number of rotatable bonds is 7. The number of nitrogens with one attached hydrogen (secondary N) is 2. The zero-order valence-corrected chi connectivity index (χ0v) is 8.42. The quantitative estimate of drug-likeness (QED) is 0.426. The highest BCUT2D eigenvalue weighted by Gasteiger charge is 2.10. The molecule has 78 valence electrons. The van der Waals surface area contributed by atoms with Crippen molar-refractivity contribution in [1.29, 1.82) is 0 Å². The molecule has 0 aliphatic carbocycles. The summed E-state index contributed by atoms with van der Waals surface area (Å²) in [7, 11) is 1.59. The molecular formula is C8H18N2O3. The van der Waals surface area contributed by atoms with Crippen LogP contribution in [0.15, 0.2) is 0 Å². The molecule has 0 bridgehead atoms. The molecule has 0 aromatic heterocycles. The molecule has 0 aliphatic heterocycles. The molecule has 0 radical (unpaired) electrons. The van der Waals surface area contributed by atoms with Gasteiger partial charge in [0.05, 0.1) is 13.2 Å². The van der Waals surface area contributed by atoms with Gasteiger partial charge >= 0.3 is 0 Å². The Morgan fingerprint density at radius 2 is 2.15 bits per heavy atom. The van der Waals surface area contributed by atoms with Gasteiger partial charge in [-0.05, 0) is 13.8 Å². The fourth-order valence-electron chi connectivity index (χ4n) is 0.690. The molecule has 13 heavy (non-hydrogen) atoms. The second-order valence-electron chi connectivity index (χ2n) is 2.58. The van der Waals surface area contributed by atoms with Gasteiger partial charge in [0.2, 0.25) is 5.91 Å². The molecular weight excluding hydrogens is 172 g/mol. The maximum Gasteiger partial charge on any atom is 0.239 e. The minimum atomic E-state index is -0.336. The summed E-state index contributed by atoms with van der Waals surface area (Å²) >= 11 is 0. The molecule has 0 aromatic rings. The van der Waals surface area contributed by atoms with Gasteiger partial charge in [-0.3, -0.25) is 9.63 Å². The van der Waals surface area contributed by atoms with Crippen LogP contribution in [0.4, 0.5) is 0 Å². The molecule has 0 heterocycles. The Morgan fingerprint density at radius 3 is 2.69 bits per heavy atom. The number of hydroxylamine groups is 1. The number of amides is 1. The Kier molecular flexibility index (Phi) is 7.57. The Bertz CT molecular complexity index is 141. The van der Waals surface area contributed by atoms with E-state index in [0.29, 0.717) is 19.8 Å². The molecule has 0 saturated heterocycles. The Morgan fingerprint density at radius 1 is 1.46 bits per heavy atom. The summed E-state index contributed by atoms with van der Waals surface area (Å²) in [6.07, 6.45) is 0. The van der Waals surface area contributed by atoms with Gasteiger partial charge < -0.3 is 10.1 Å². The van der Waals surface area contributed by atoms with E-state index >= 15 is 0 Å². The first-order valence-electron chi connectivity index (χ1n) is 4.36. The molecule has 1 unspecified atom stereocenters. The van der Waals surface area contributed by atoms with Crippen LogP contribution in [-0.2, 0) is 14.4 Å². The zero-order chi connectivity index (χ0) is 10.1. The fourth-order valence-corrected chi connectivity index (χ4v) is 0.690. The molecule has 5 heteroatoms. The highest BCUT2D eigenvalue weighted by Crippen LogP contribution is 1.82. The van der Waals surface area contributed by atoms with Crippen LogP contribution >= 0.6 is 0 Å². The molecule has 0 spiro atoms. The van der Waals surface area contributed by atoms with E-state index in [-0.39, 0.29) is 11.9 Å². The van der Waals surface area contributed by atoms with E-state index in [1.165, 1.54) is 0 Å². The SMILES string of the molecule is CCNC(=O)C(C)NOCCOC. The number of likely N-dealkylation sites (N-methyl/N-ethyl adjacent to an activating group) is 1. The molecule has 0 saturated carbocycles. The van der Waals surface area contributed by atoms with Gasteiger partial charge in [0, 0.05) is 13.7 Å². The molecule has 0 fully saturated rings. The lowest BCUT2D eigenvalue weighted by Crippen LogP contribution is -2.42. The predicted molar refractivity (Wildman–Crippen MR) is 49.1 cm³/mol. The standard InChI is InChI=1S/C8H18N2O3/c1-4-9-8(11)7(2)10-13-6-5-12-3/h7,10H,4-6H2,1-3H3,(H,9,11). The number of carbonyl (C=O) groups excluding carboxylic acids is 1. The first-order valence-corrected chi connectivity index (χ1v) is 4.36. The highest BCUT2D eigenvalue weighted by molar-refractivity contribution is 5.80. The van der Waals surface area contributed by atoms with Crippen molar-refractivity contribution in [3.05, 3.63) is 0 Å². The molecule has 2 N–H and O–H groups in total. The van der Waals surface area contributed by atoms with E-state index in [9.17, 15) is 4.79 Å². The summed E-state index contributed by atoms with van der Waals surface area (Å²) in [5, 5.41) is 2.67.